The van der Waals surface area contributed by atoms with Crippen LogP contribution in [0.4, 0.5) is 0 Å². The highest BCUT2D eigenvalue weighted by Gasteiger charge is 2.06. The van der Waals surface area contributed by atoms with Crippen molar-refractivity contribution in [2.75, 3.05) is 6.54 Å². The normalized spacial score (nSPS) is 19.8. The van der Waals surface area contributed by atoms with E-state index in [1.165, 1.54) is 0 Å². The molecule has 11 heavy (non-hydrogen) atoms. The summed E-state index contributed by atoms with van der Waals surface area (Å²) in [5, 5.41) is 3.05. The standard InChI is InChI=1S/C7H14N4/c1-2-3-4-6-5-9-7(10-6)11-8/h4H,2-3,5,8H2,1H3,(H2,9,10,11). The van der Waals surface area contributed by atoms with E-state index in [1.807, 2.05) is 0 Å². The lowest BCUT2D eigenvalue weighted by Crippen LogP contribution is -2.37. The van der Waals surface area contributed by atoms with Crippen molar-refractivity contribution in [2.24, 2.45) is 10.8 Å². The lowest BCUT2D eigenvalue weighted by Gasteiger charge is -2.00. The van der Waals surface area contributed by atoms with Gasteiger partial charge >= 0.3 is 0 Å². The summed E-state index contributed by atoms with van der Waals surface area (Å²) >= 11 is 0. The van der Waals surface area contributed by atoms with Gasteiger partial charge in [-0.05, 0) is 6.42 Å². The predicted molar refractivity (Wildman–Crippen MR) is 45.8 cm³/mol. The molecule has 0 aliphatic carbocycles. The molecule has 0 radical (unpaired) electrons. The maximum absolute atomic E-state index is 5.15. The number of unbranched alkanes of at least 4 members (excludes halogenated alkanes) is 1. The molecule has 1 heterocycles. The molecule has 0 aromatic carbocycles. The lowest BCUT2D eigenvalue weighted by atomic mass is 10.3. The molecule has 1 rings (SSSR count). The van der Waals surface area contributed by atoms with Gasteiger partial charge in [-0.1, -0.05) is 19.4 Å². The van der Waals surface area contributed by atoms with Crippen LogP contribution < -0.4 is 16.6 Å². The van der Waals surface area contributed by atoms with Gasteiger partial charge in [-0.15, -0.1) is 0 Å². The molecule has 0 atom stereocenters. The van der Waals surface area contributed by atoms with Crippen molar-refractivity contribution in [1.29, 1.82) is 0 Å². The van der Waals surface area contributed by atoms with Gasteiger partial charge in [0.25, 0.3) is 0 Å². The van der Waals surface area contributed by atoms with E-state index >= 15 is 0 Å². The quantitative estimate of drug-likeness (QED) is 0.390. The zero-order valence-corrected chi connectivity index (χ0v) is 6.72. The average Bonchev–Trinajstić information content (AvgIpc) is 2.48. The molecule has 4 nitrogen and oxygen atoms in total. The van der Waals surface area contributed by atoms with Gasteiger partial charge in [-0.2, -0.15) is 0 Å². The summed E-state index contributed by atoms with van der Waals surface area (Å²) in [6.45, 7) is 2.87. The Kier molecular flexibility index (Phi) is 2.92. The number of guanidine groups is 1. The second-order valence-corrected chi connectivity index (χ2v) is 2.45. The van der Waals surface area contributed by atoms with E-state index in [0.717, 1.165) is 25.1 Å². The van der Waals surface area contributed by atoms with E-state index < -0.39 is 0 Å². The van der Waals surface area contributed by atoms with E-state index in [9.17, 15) is 0 Å². The number of nitrogens with two attached hydrogens (primary N) is 1. The Morgan fingerprint density at radius 3 is 3.18 bits per heavy atom. The summed E-state index contributed by atoms with van der Waals surface area (Å²) in [7, 11) is 0. The summed E-state index contributed by atoms with van der Waals surface area (Å²) in [4.78, 5) is 4.09. The Hall–Kier alpha value is -1.03. The highest BCUT2D eigenvalue weighted by molar-refractivity contribution is 5.83. The molecular weight excluding hydrogens is 140 g/mol. The summed E-state index contributed by atoms with van der Waals surface area (Å²) in [5.74, 6) is 5.81. The predicted octanol–water partition coefficient (Wildman–Crippen LogP) is 0.0929. The molecule has 0 bridgehead atoms. The van der Waals surface area contributed by atoms with Crippen LogP contribution in [0.2, 0.25) is 0 Å². The molecule has 4 heteroatoms. The molecule has 1 aliphatic heterocycles. The second kappa shape index (κ2) is 3.98. The first-order valence-electron chi connectivity index (χ1n) is 3.84. The van der Waals surface area contributed by atoms with Crippen molar-refractivity contribution in [3.8, 4) is 0 Å². The van der Waals surface area contributed by atoms with Crippen molar-refractivity contribution < 1.29 is 0 Å². The van der Waals surface area contributed by atoms with E-state index in [-0.39, 0.29) is 0 Å². The molecule has 0 aromatic heterocycles. The third-order valence-corrected chi connectivity index (χ3v) is 1.50. The van der Waals surface area contributed by atoms with E-state index in [2.05, 4.69) is 28.7 Å². The van der Waals surface area contributed by atoms with Crippen LogP contribution in [-0.4, -0.2) is 12.5 Å². The van der Waals surface area contributed by atoms with Crippen LogP contribution in [0.5, 0.6) is 0 Å². The van der Waals surface area contributed by atoms with Crippen LogP contribution >= 0.6 is 0 Å². The molecule has 0 spiro atoms. The van der Waals surface area contributed by atoms with Gasteiger partial charge in [0.15, 0.2) is 0 Å². The number of hydrazine groups is 1. The number of rotatable bonds is 2. The Bertz CT molecular complexity index is 183. The average molecular weight is 154 g/mol. The van der Waals surface area contributed by atoms with Gasteiger partial charge in [0.2, 0.25) is 5.96 Å². The molecule has 62 valence electrons. The van der Waals surface area contributed by atoms with Gasteiger partial charge in [0.05, 0.1) is 6.54 Å². The topological polar surface area (TPSA) is 62.4 Å². The fraction of sp³-hybridized carbons (Fsp3) is 0.571. The fourth-order valence-corrected chi connectivity index (χ4v) is 0.911. The van der Waals surface area contributed by atoms with Crippen molar-refractivity contribution in [1.82, 2.24) is 10.7 Å². The number of hydrogen-bond donors (Lipinski definition) is 3. The molecule has 0 unspecified atom stereocenters. The highest BCUT2D eigenvalue weighted by atomic mass is 15.4. The molecule has 0 saturated heterocycles. The van der Waals surface area contributed by atoms with E-state index in [4.69, 9.17) is 5.84 Å². The fourth-order valence-electron chi connectivity index (χ4n) is 0.911. The van der Waals surface area contributed by atoms with Gasteiger partial charge < -0.3 is 5.32 Å². The first kappa shape index (κ1) is 8.07. The first-order chi connectivity index (χ1) is 5.36. The number of nitrogens with zero attached hydrogens (tertiary/aromatic N) is 1. The van der Waals surface area contributed by atoms with Gasteiger partial charge in [-0.3, -0.25) is 5.43 Å². The summed E-state index contributed by atoms with van der Waals surface area (Å²) in [6, 6.07) is 0. The molecule has 4 N–H and O–H groups in total. The zero-order chi connectivity index (χ0) is 8.10. The molecule has 0 amide bonds. The summed E-state index contributed by atoms with van der Waals surface area (Å²) < 4.78 is 0. The minimum atomic E-state index is 0.660. The monoisotopic (exact) mass is 154 g/mol. The largest absolute Gasteiger partial charge is 0.327 e. The van der Waals surface area contributed by atoms with Crippen molar-refractivity contribution in [2.45, 2.75) is 19.8 Å². The molecule has 0 saturated carbocycles. The first-order valence-corrected chi connectivity index (χ1v) is 3.84. The van der Waals surface area contributed by atoms with E-state index in [1.54, 1.807) is 0 Å². The van der Waals surface area contributed by atoms with Crippen LogP contribution in [-0.2, 0) is 0 Å². The summed E-state index contributed by atoms with van der Waals surface area (Å²) in [6.07, 6.45) is 4.40. The maximum atomic E-state index is 5.15. The number of hydrogen-bond acceptors (Lipinski definition) is 4. The highest BCUT2D eigenvalue weighted by Crippen LogP contribution is 2.00. The van der Waals surface area contributed by atoms with Crippen molar-refractivity contribution in [3.05, 3.63) is 11.8 Å². The molecule has 0 fully saturated rings. The minimum Gasteiger partial charge on any atom is -0.327 e. The van der Waals surface area contributed by atoms with Crippen molar-refractivity contribution >= 4 is 5.96 Å². The number of aliphatic imine (C=N–C) groups is 1. The summed E-state index contributed by atoms with van der Waals surface area (Å²) in [5.41, 5.74) is 3.61. The Morgan fingerprint density at radius 2 is 2.64 bits per heavy atom. The number of nitrogens with one attached hydrogen (secondary N) is 2. The third-order valence-electron chi connectivity index (χ3n) is 1.50. The molecule has 0 aromatic rings. The van der Waals surface area contributed by atoms with Gasteiger partial charge in [0, 0.05) is 5.70 Å². The third kappa shape index (κ3) is 2.23. The minimum absolute atomic E-state index is 0.660. The van der Waals surface area contributed by atoms with Crippen LogP contribution in [0.15, 0.2) is 16.8 Å². The smallest absolute Gasteiger partial charge is 0.210 e. The van der Waals surface area contributed by atoms with Crippen LogP contribution in [0.3, 0.4) is 0 Å². The van der Waals surface area contributed by atoms with Gasteiger partial charge in [-0.25, -0.2) is 10.8 Å². The van der Waals surface area contributed by atoms with Crippen molar-refractivity contribution in [3.63, 3.8) is 0 Å². The van der Waals surface area contributed by atoms with Gasteiger partial charge in [0.1, 0.15) is 0 Å². The SMILES string of the molecule is CCCC=C1CN=C(NN)N1. The Balaban J connectivity index is 2.34. The number of allylic oxidation sites excluding steroid dienone is 1. The molecular formula is C7H14N4. The zero-order valence-electron chi connectivity index (χ0n) is 6.72. The Morgan fingerprint density at radius 1 is 1.82 bits per heavy atom. The van der Waals surface area contributed by atoms with Crippen LogP contribution in [0.25, 0.3) is 0 Å². The molecule has 1 aliphatic rings. The second-order valence-electron chi connectivity index (χ2n) is 2.45. The van der Waals surface area contributed by atoms with Crippen LogP contribution in [0.1, 0.15) is 19.8 Å². The lowest BCUT2D eigenvalue weighted by molar-refractivity contribution is 0.923. The Labute approximate surface area is 66.5 Å². The van der Waals surface area contributed by atoms with Crippen LogP contribution in [0, 0.1) is 0 Å². The maximum Gasteiger partial charge on any atom is 0.210 e. The van der Waals surface area contributed by atoms with E-state index in [0.29, 0.717) is 5.96 Å².